The number of hydrogen-bond donors (Lipinski definition) is 1. The average molecular weight is 364 g/mol. The topological polar surface area (TPSA) is 39.7 Å². The number of nitrogens with one attached hydrogen (secondary N) is 1. The zero-order valence-corrected chi connectivity index (χ0v) is 15.6. The molecule has 5 heteroatoms. The zero-order valence-electron chi connectivity index (χ0n) is 14.9. The van der Waals surface area contributed by atoms with E-state index in [2.05, 4.69) is 11.4 Å². The third-order valence-corrected chi connectivity index (χ3v) is 3.96. The maximum Gasteiger partial charge on any atom is 0.161 e. The molecule has 25 heavy (non-hydrogen) atoms. The molecule has 0 bridgehead atoms. The lowest BCUT2D eigenvalue weighted by Crippen LogP contribution is -2.16. The van der Waals surface area contributed by atoms with E-state index in [1.807, 2.05) is 43.3 Å². The first kappa shape index (κ1) is 19.6. The number of ether oxygens (including phenoxy) is 3. The van der Waals surface area contributed by atoms with Gasteiger partial charge in [0, 0.05) is 24.8 Å². The lowest BCUT2D eigenvalue weighted by atomic mass is 10.2. The Labute approximate surface area is 155 Å². The minimum absolute atomic E-state index is 0.475. The highest BCUT2D eigenvalue weighted by Gasteiger charge is 2.06. The third-order valence-electron chi connectivity index (χ3n) is 3.71. The van der Waals surface area contributed by atoms with Crippen LogP contribution < -0.4 is 14.8 Å². The lowest BCUT2D eigenvalue weighted by molar-refractivity contribution is 0.144. The van der Waals surface area contributed by atoms with Gasteiger partial charge in [0.1, 0.15) is 6.61 Å². The van der Waals surface area contributed by atoms with Crippen molar-refractivity contribution >= 4 is 11.6 Å². The Morgan fingerprint density at radius 2 is 1.76 bits per heavy atom. The first-order valence-electron chi connectivity index (χ1n) is 8.55. The highest BCUT2D eigenvalue weighted by Crippen LogP contribution is 2.29. The van der Waals surface area contributed by atoms with Gasteiger partial charge in [-0.25, -0.2) is 0 Å². The average Bonchev–Trinajstić information content (AvgIpc) is 2.64. The van der Waals surface area contributed by atoms with Gasteiger partial charge in [0.2, 0.25) is 0 Å². The SMILES string of the molecule is CCOCCCNCc1ccc(OCc2ccc(Cl)cc2)c(OC)c1. The molecule has 0 fully saturated rings. The molecule has 0 aromatic heterocycles. The number of halogens is 1. The number of rotatable bonds is 11. The third kappa shape index (κ3) is 6.94. The molecule has 0 atom stereocenters. The molecule has 0 aliphatic rings. The van der Waals surface area contributed by atoms with Crippen molar-refractivity contribution < 1.29 is 14.2 Å². The molecule has 2 aromatic rings. The van der Waals surface area contributed by atoms with Crippen LogP contribution in [0, 0.1) is 0 Å². The van der Waals surface area contributed by atoms with Gasteiger partial charge in [-0.05, 0) is 55.3 Å². The van der Waals surface area contributed by atoms with E-state index in [-0.39, 0.29) is 0 Å². The van der Waals surface area contributed by atoms with Crippen LogP contribution in [0.5, 0.6) is 11.5 Å². The second-order valence-corrected chi connectivity index (χ2v) is 6.06. The Morgan fingerprint density at radius 3 is 2.48 bits per heavy atom. The molecule has 136 valence electrons. The van der Waals surface area contributed by atoms with Gasteiger partial charge in [-0.3, -0.25) is 0 Å². The molecule has 0 aliphatic carbocycles. The molecule has 0 spiro atoms. The fourth-order valence-corrected chi connectivity index (χ4v) is 2.49. The van der Waals surface area contributed by atoms with Crippen LogP contribution >= 0.6 is 11.6 Å². The quantitative estimate of drug-likeness (QED) is 0.599. The van der Waals surface area contributed by atoms with Crippen LogP contribution in [0.25, 0.3) is 0 Å². The number of hydrogen-bond acceptors (Lipinski definition) is 4. The Balaban J connectivity index is 1.84. The lowest BCUT2D eigenvalue weighted by Gasteiger charge is -2.13. The van der Waals surface area contributed by atoms with E-state index < -0.39 is 0 Å². The van der Waals surface area contributed by atoms with Gasteiger partial charge >= 0.3 is 0 Å². The van der Waals surface area contributed by atoms with Crippen molar-refractivity contribution in [1.29, 1.82) is 0 Å². The summed E-state index contributed by atoms with van der Waals surface area (Å²) in [5.41, 5.74) is 2.22. The molecule has 0 radical (unpaired) electrons. The predicted molar refractivity (Wildman–Crippen MR) is 102 cm³/mol. The van der Waals surface area contributed by atoms with Gasteiger partial charge in [-0.1, -0.05) is 29.8 Å². The molecular weight excluding hydrogens is 338 g/mol. The highest BCUT2D eigenvalue weighted by molar-refractivity contribution is 6.30. The Bertz CT molecular complexity index is 631. The smallest absolute Gasteiger partial charge is 0.161 e. The predicted octanol–water partition coefficient (Wildman–Crippen LogP) is 4.44. The summed E-state index contributed by atoms with van der Waals surface area (Å²) < 4.78 is 16.7. The fourth-order valence-electron chi connectivity index (χ4n) is 2.36. The molecule has 4 nitrogen and oxygen atoms in total. The Morgan fingerprint density at radius 1 is 1.00 bits per heavy atom. The standard InChI is InChI=1S/C20H26ClNO3/c1-3-24-12-4-11-22-14-17-7-10-19(20(13-17)23-2)25-15-16-5-8-18(21)9-6-16/h5-10,13,22H,3-4,11-12,14-15H2,1-2H3. The van der Waals surface area contributed by atoms with Gasteiger partial charge in [-0.15, -0.1) is 0 Å². The highest BCUT2D eigenvalue weighted by atomic mass is 35.5. The van der Waals surface area contributed by atoms with Crippen molar-refractivity contribution in [2.75, 3.05) is 26.9 Å². The molecule has 0 saturated carbocycles. The molecule has 2 aromatic carbocycles. The van der Waals surface area contributed by atoms with Crippen LogP contribution in [0.15, 0.2) is 42.5 Å². The number of methoxy groups -OCH3 is 1. The second-order valence-electron chi connectivity index (χ2n) is 5.63. The van der Waals surface area contributed by atoms with Crippen molar-refractivity contribution in [1.82, 2.24) is 5.32 Å². The maximum atomic E-state index is 5.90. The van der Waals surface area contributed by atoms with E-state index in [4.69, 9.17) is 25.8 Å². The summed E-state index contributed by atoms with van der Waals surface area (Å²) in [6.45, 7) is 5.77. The van der Waals surface area contributed by atoms with Crippen molar-refractivity contribution in [3.05, 3.63) is 58.6 Å². The molecule has 0 aliphatic heterocycles. The summed E-state index contributed by atoms with van der Waals surface area (Å²) in [4.78, 5) is 0. The summed E-state index contributed by atoms with van der Waals surface area (Å²) in [5, 5.41) is 4.13. The minimum Gasteiger partial charge on any atom is -0.493 e. The summed E-state index contributed by atoms with van der Waals surface area (Å²) in [6.07, 6.45) is 1.01. The molecular formula is C20H26ClNO3. The molecule has 2 rings (SSSR count). The monoisotopic (exact) mass is 363 g/mol. The summed E-state index contributed by atoms with van der Waals surface area (Å²) in [5.74, 6) is 1.47. The van der Waals surface area contributed by atoms with Crippen LogP contribution in [0.2, 0.25) is 5.02 Å². The summed E-state index contributed by atoms with van der Waals surface area (Å²) >= 11 is 5.90. The van der Waals surface area contributed by atoms with E-state index >= 15 is 0 Å². The first-order valence-corrected chi connectivity index (χ1v) is 8.93. The molecule has 0 unspecified atom stereocenters. The van der Waals surface area contributed by atoms with Crippen molar-refractivity contribution in [2.24, 2.45) is 0 Å². The van der Waals surface area contributed by atoms with Crippen LogP contribution in [0.4, 0.5) is 0 Å². The Kier molecular flexibility index (Phi) is 8.60. The number of benzene rings is 2. The fraction of sp³-hybridized carbons (Fsp3) is 0.400. The van der Waals surface area contributed by atoms with Crippen LogP contribution in [0.3, 0.4) is 0 Å². The van der Waals surface area contributed by atoms with Gasteiger partial charge in [0.25, 0.3) is 0 Å². The summed E-state index contributed by atoms with van der Waals surface area (Å²) in [6, 6.07) is 13.6. The normalized spacial score (nSPS) is 10.7. The molecule has 0 saturated heterocycles. The van der Waals surface area contributed by atoms with Crippen molar-refractivity contribution in [3.8, 4) is 11.5 Å². The second kappa shape index (κ2) is 11.0. The maximum absolute atomic E-state index is 5.90. The van der Waals surface area contributed by atoms with E-state index in [0.29, 0.717) is 6.61 Å². The van der Waals surface area contributed by atoms with E-state index in [1.165, 1.54) is 0 Å². The van der Waals surface area contributed by atoms with Crippen molar-refractivity contribution in [3.63, 3.8) is 0 Å². The van der Waals surface area contributed by atoms with Gasteiger partial charge in [0.15, 0.2) is 11.5 Å². The zero-order chi connectivity index (χ0) is 17.9. The van der Waals surface area contributed by atoms with Crippen LogP contribution in [0.1, 0.15) is 24.5 Å². The summed E-state index contributed by atoms with van der Waals surface area (Å²) in [7, 11) is 1.66. The van der Waals surface area contributed by atoms with Crippen molar-refractivity contribution in [2.45, 2.75) is 26.5 Å². The molecule has 0 amide bonds. The van der Waals surface area contributed by atoms with E-state index in [1.54, 1.807) is 7.11 Å². The minimum atomic E-state index is 0.475. The van der Waals surface area contributed by atoms with E-state index in [9.17, 15) is 0 Å². The Hall–Kier alpha value is -1.75. The van der Waals surface area contributed by atoms with Crippen LogP contribution in [-0.4, -0.2) is 26.9 Å². The largest absolute Gasteiger partial charge is 0.493 e. The van der Waals surface area contributed by atoms with Gasteiger partial charge < -0.3 is 19.5 Å². The first-order chi connectivity index (χ1) is 12.2. The molecule has 0 heterocycles. The molecule has 1 N–H and O–H groups in total. The van der Waals surface area contributed by atoms with Crippen LogP contribution in [-0.2, 0) is 17.9 Å². The van der Waals surface area contributed by atoms with Gasteiger partial charge in [-0.2, -0.15) is 0 Å². The van der Waals surface area contributed by atoms with Gasteiger partial charge in [0.05, 0.1) is 7.11 Å². The van der Waals surface area contributed by atoms with E-state index in [0.717, 1.165) is 60.4 Å².